The van der Waals surface area contributed by atoms with E-state index in [1.807, 2.05) is 72.8 Å². The maximum atomic E-state index is 14.1. The van der Waals surface area contributed by atoms with Gasteiger partial charge in [0.1, 0.15) is 30.3 Å². The van der Waals surface area contributed by atoms with Crippen LogP contribution in [0.3, 0.4) is 0 Å². The summed E-state index contributed by atoms with van der Waals surface area (Å²) in [4.78, 5) is 24.9. The van der Waals surface area contributed by atoms with E-state index < -0.39 is 30.1 Å². The highest BCUT2D eigenvalue weighted by molar-refractivity contribution is 6.12. The number of hydrogen-bond donors (Lipinski definition) is 1. The normalized spacial score (nSPS) is 11.5. The van der Waals surface area contributed by atoms with Crippen molar-refractivity contribution in [2.75, 3.05) is 0 Å². The van der Waals surface area contributed by atoms with Crippen LogP contribution < -0.4 is 9.47 Å². The highest BCUT2D eigenvalue weighted by atomic mass is 19.4. The molecule has 1 aromatic heterocycles. The number of benzene rings is 5. The van der Waals surface area contributed by atoms with Crippen molar-refractivity contribution in [3.05, 3.63) is 143 Å². The Balaban J connectivity index is 1.49. The third kappa shape index (κ3) is 6.24. The molecule has 0 saturated carbocycles. The average molecular weight is 610 g/mol. The predicted molar refractivity (Wildman–Crippen MR) is 164 cm³/mol. The summed E-state index contributed by atoms with van der Waals surface area (Å²) in [6.07, 6.45) is -5.18. The number of alkyl halides is 3. The minimum atomic E-state index is -5.18. The molecular weight excluding hydrogens is 583 g/mol. The van der Waals surface area contributed by atoms with Gasteiger partial charge in [-0.15, -0.1) is 0 Å². The number of carboxylic acid groups (broad SMARTS) is 1. The van der Waals surface area contributed by atoms with Crippen molar-refractivity contribution >= 4 is 33.4 Å². The maximum Gasteiger partial charge on any atom is 0.454 e. The molecule has 1 N–H and O–H groups in total. The monoisotopic (exact) mass is 609 g/mol. The summed E-state index contributed by atoms with van der Waals surface area (Å²) in [6, 6.07) is 33.3. The number of para-hydroxylation sites is 1. The second-order valence-corrected chi connectivity index (χ2v) is 10.5. The number of ether oxygens (including phenoxy) is 2. The first-order chi connectivity index (χ1) is 21.7. The lowest BCUT2D eigenvalue weighted by molar-refractivity contribution is -0.0885. The fourth-order valence-corrected chi connectivity index (χ4v) is 5.38. The van der Waals surface area contributed by atoms with Gasteiger partial charge < -0.3 is 19.1 Å². The Morgan fingerprint density at radius 1 is 0.711 bits per heavy atom. The Labute approximate surface area is 255 Å². The number of aromatic nitrogens is 1. The van der Waals surface area contributed by atoms with Crippen molar-refractivity contribution in [3.8, 4) is 11.5 Å². The minimum absolute atomic E-state index is 0.0372. The van der Waals surface area contributed by atoms with Crippen LogP contribution in [0.5, 0.6) is 11.5 Å². The molecule has 6 rings (SSSR count). The van der Waals surface area contributed by atoms with Crippen molar-refractivity contribution in [1.29, 1.82) is 0 Å². The zero-order chi connectivity index (χ0) is 31.6. The Bertz CT molecular complexity index is 2030. The standard InChI is InChI=1S/C36H26F3NO5/c37-36(38,39)34(41)33-29-19-27(44-21-23-8-2-1-3-9-23)16-17-30(29)40(20-24-14-15-25-10-4-5-11-26(25)18-24)31(33)22-45-32-13-7-6-12-28(32)35(42)43/h1-19H,20-22H2,(H,42,43). The molecule has 0 aliphatic heterocycles. The molecule has 1 heterocycles. The van der Waals surface area contributed by atoms with Gasteiger partial charge in [0.05, 0.1) is 11.3 Å². The summed E-state index contributed by atoms with van der Waals surface area (Å²) in [6.45, 7) is -0.200. The molecule has 0 saturated heterocycles. The molecule has 0 radical (unpaired) electrons. The average Bonchev–Trinajstić information content (AvgIpc) is 3.34. The van der Waals surface area contributed by atoms with Gasteiger partial charge in [0.25, 0.3) is 5.78 Å². The number of hydrogen-bond acceptors (Lipinski definition) is 4. The molecule has 0 unspecified atom stereocenters. The van der Waals surface area contributed by atoms with Gasteiger partial charge >= 0.3 is 12.1 Å². The summed E-state index contributed by atoms with van der Waals surface area (Å²) in [5.74, 6) is -3.04. The van der Waals surface area contributed by atoms with E-state index in [0.717, 1.165) is 21.9 Å². The lowest BCUT2D eigenvalue weighted by Crippen LogP contribution is -2.24. The molecule has 0 amide bonds. The number of fused-ring (bicyclic) bond motifs is 2. The highest BCUT2D eigenvalue weighted by Gasteiger charge is 2.43. The largest absolute Gasteiger partial charge is 0.489 e. The zero-order valence-electron chi connectivity index (χ0n) is 23.8. The number of carbonyl (C=O) groups is 2. The molecule has 9 heteroatoms. The lowest BCUT2D eigenvalue weighted by Gasteiger charge is -2.15. The van der Waals surface area contributed by atoms with Crippen molar-refractivity contribution in [2.24, 2.45) is 0 Å². The second kappa shape index (κ2) is 12.2. The molecular formula is C36H26F3NO5. The van der Waals surface area contributed by atoms with Gasteiger partial charge in [-0.25, -0.2) is 4.79 Å². The van der Waals surface area contributed by atoms with E-state index in [-0.39, 0.29) is 41.3 Å². The smallest absolute Gasteiger partial charge is 0.454 e. The highest BCUT2D eigenvalue weighted by Crippen LogP contribution is 2.36. The van der Waals surface area contributed by atoms with Crippen LogP contribution in [0.2, 0.25) is 0 Å². The van der Waals surface area contributed by atoms with Crippen LogP contribution in [0, 0.1) is 0 Å². The van der Waals surface area contributed by atoms with Crippen molar-refractivity contribution < 1.29 is 37.3 Å². The molecule has 0 spiro atoms. The van der Waals surface area contributed by atoms with Crippen LogP contribution >= 0.6 is 0 Å². The van der Waals surface area contributed by atoms with Gasteiger partial charge in [0, 0.05) is 17.4 Å². The van der Waals surface area contributed by atoms with E-state index in [9.17, 15) is 27.9 Å². The summed E-state index contributed by atoms with van der Waals surface area (Å²) in [5.41, 5.74) is 1.25. The molecule has 5 aromatic carbocycles. The number of carboxylic acids is 1. The topological polar surface area (TPSA) is 77.8 Å². The Morgan fingerprint density at radius 2 is 1.42 bits per heavy atom. The SMILES string of the molecule is O=C(O)c1ccccc1OCc1c(C(=O)C(F)(F)F)c2cc(OCc3ccccc3)ccc2n1Cc1ccc2ccccc2c1. The summed E-state index contributed by atoms with van der Waals surface area (Å²) in [5, 5.41) is 11.6. The second-order valence-electron chi connectivity index (χ2n) is 10.5. The summed E-state index contributed by atoms with van der Waals surface area (Å²) >= 11 is 0. The van der Waals surface area contributed by atoms with Gasteiger partial charge in [-0.3, -0.25) is 4.79 Å². The van der Waals surface area contributed by atoms with E-state index >= 15 is 0 Å². The van der Waals surface area contributed by atoms with Gasteiger partial charge in [-0.05, 0) is 58.3 Å². The number of aromatic carboxylic acids is 1. The molecule has 6 aromatic rings. The Morgan fingerprint density at radius 3 is 2.18 bits per heavy atom. The van der Waals surface area contributed by atoms with Crippen molar-refractivity contribution in [2.45, 2.75) is 25.9 Å². The fourth-order valence-electron chi connectivity index (χ4n) is 5.38. The van der Waals surface area contributed by atoms with Crippen LogP contribution in [0.15, 0.2) is 115 Å². The number of rotatable bonds is 10. The van der Waals surface area contributed by atoms with E-state index in [1.54, 1.807) is 22.8 Å². The number of Topliss-reactive ketones (excluding diaryl/α,β-unsaturated/α-hetero) is 1. The first kappa shape index (κ1) is 29.5. The van der Waals surface area contributed by atoms with Crippen molar-refractivity contribution in [1.82, 2.24) is 4.57 Å². The van der Waals surface area contributed by atoms with Crippen LogP contribution in [0.4, 0.5) is 13.2 Å². The quantitative estimate of drug-likeness (QED) is 0.158. The lowest BCUT2D eigenvalue weighted by atomic mass is 10.1. The molecule has 0 fully saturated rings. The third-order valence-corrected chi connectivity index (χ3v) is 7.51. The van der Waals surface area contributed by atoms with Crippen molar-refractivity contribution in [3.63, 3.8) is 0 Å². The number of ketones is 1. The van der Waals surface area contributed by atoms with E-state index in [2.05, 4.69) is 0 Å². The summed E-state index contributed by atoms with van der Waals surface area (Å²) < 4.78 is 55.8. The van der Waals surface area contributed by atoms with Crippen LogP contribution in [0.1, 0.15) is 37.5 Å². The number of nitrogens with zero attached hydrogens (tertiary/aromatic N) is 1. The van der Waals surface area contributed by atoms with Gasteiger partial charge in [0.2, 0.25) is 0 Å². The van der Waals surface area contributed by atoms with E-state index in [0.29, 0.717) is 5.52 Å². The molecule has 0 aliphatic carbocycles. The summed E-state index contributed by atoms with van der Waals surface area (Å²) in [7, 11) is 0. The van der Waals surface area contributed by atoms with Crippen LogP contribution in [-0.2, 0) is 19.8 Å². The first-order valence-corrected chi connectivity index (χ1v) is 14.0. The number of halogens is 3. The first-order valence-electron chi connectivity index (χ1n) is 14.0. The Kier molecular flexibility index (Phi) is 8.00. The molecule has 0 bridgehead atoms. The predicted octanol–water partition coefficient (Wildman–Crippen LogP) is 8.44. The molecule has 6 nitrogen and oxygen atoms in total. The zero-order valence-corrected chi connectivity index (χ0v) is 23.8. The van der Waals surface area contributed by atoms with E-state index in [4.69, 9.17) is 9.47 Å². The Hall–Kier alpha value is -5.57. The fraction of sp³-hybridized carbons (Fsp3) is 0.111. The third-order valence-electron chi connectivity index (χ3n) is 7.51. The molecule has 226 valence electrons. The van der Waals surface area contributed by atoms with Crippen LogP contribution in [-0.4, -0.2) is 27.6 Å². The number of carbonyl (C=O) groups excluding carboxylic acids is 1. The van der Waals surface area contributed by atoms with Crippen LogP contribution in [0.25, 0.3) is 21.7 Å². The van der Waals surface area contributed by atoms with Gasteiger partial charge in [-0.2, -0.15) is 13.2 Å². The minimum Gasteiger partial charge on any atom is -0.489 e. The van der Waals surface area contributed by atoms with E-state index in [1.165, 1.54) is 24.3 Å². The maximum absolute atomic E-state index is 14.1. The molecule has 0 aliphatic rings. The molecule has 45 heavy (non-hydrogen) atoms. The van der Waals surface area contributed by atoms with Gasteiger partial charge in [-0.1, -0.05) is 78.9 Å². The van der Waals surface area contributed by atoms with Gasteiger partial charge in [0.15, 0.2) is 0 Å². The molecule has 0 atom stereocenters.